The Labute approximate surface area is 164 Å². The maximum absolute atomic E-state index is 10.9. The summed E-state index contributed by atoms with van der Waals surface area (Å²) in [5.74, 6) is 0.703. The quantitative estimate of drug-likeness (QED) is 0.363. The van der Waals surface area contributed by atoms with E-state index >= 15 is 0 Å². The molecule has 2 saturated heterocycles. The van der Waals surface area contributed by atoms with Crippen LogP contribution in [0.4, 0.5) is 5.82 Å². The van der Waals surface area contributed by atoms with Gasteiger partial charge in [-0.05, 0) is 24.1 Å². The molecule has 2 aliphatic rings. The van der Waals surface area contributed by atoms with Crippen molar-refractivity contribution < 1.29 is 34.0 Å². The molecule has 4 rings (SSSR count). The zero-order valence-corrected chi connectivity index (χ0v) is 16.3. The minimum absolute atomic E-state index is 0.0592. The van der Waals surface area contributed by atoms with E-state index < -0.39 is 38.5 Å². The first-order valence-electron chi connectivity index (χ1n) is 8.67. The van der Waals surface area contributed by atoms with E-state index in [1.807, 2.05) is 0 Å². The number of halogens is 1. The maximum Gasteiger partial charge on any atom is 0.350 e. The highest BCUT2D eigenvalue weighted by Crippen LogP contribution is 2.37. The van der Waals surface area contributed by atoms with Crippen molar-refractivity contribution in [2.45, 2.75) is 31.0 Å². The van der Waals surface area contributed by atoms with E-state index in [9.17, 15) is 14.8 Å². The molecule has 13 heteroatoms. The third kappa shape index (κ3) is 3.77. The Kier molecular flexibility index (Phi) is 5.36. The molecule has 2 aliphatic heterocycles. The van der Waals surface area contributed by atoms with Crippen LogP contribution in [0.3, 0.4) is 0 Å². The third-order valence-electron chi connectivity index (χ3n) is 4.83. The predicted molar refractivity (Wildman–Crippen MR) is 98.2 cm³/mol. The minimum atomic E-state index is -4.34. The fourth-order valence-corrected chi connectivity index (χ4v) is 3.85. The minimum Gasteiger partial charge on any atom is -0.387 e. The molecule has 28 heavy (non-hydrogen) atoms. The summed E-state index contributed by atoms with van der Waals surface area (Å²) >= 11 is 6.08. The number of rotatable bonds is 6. The van der Waals surface area contributed by atoms with E-state index in [0.717, 1.165) is 24.9 Å². The van der Waals surface area contributed by atoms with Gasteiger partial charge in [-0.1, -0.05) is 0 Å². The molecule has 0 spiro atoms. The van der Waals surface area contributed by atoms with Gasteiger partial charge in [-0.25, -0.2) is 0 Å². The van der Waals surface area contributed by atoms with Crippen LogP contribution in [-0.2, 0) is 14.0 Å². The van der Waals surface area contributed by atoms with Gasteiger partial charge in [0.15, 0.2) is 6.23 Å². The fraction of sp³-hybridized carbons (Fsp3) is 0.600. The summed E-state index contributed by atoms with van der Waals surface area (Å²) in [5, 5.41) is 21.5. The standard InChI is InChI=1S/C15H20ClN4O7P/c16-15-17-12(19-3-1-4-19)8-2-5-20(13(8)18-15)14-11(22)10(21)9(27-14)6-26-7-28(23,24)25/h2,5,9-11,14,21-22H,1,3-4,6-7H2,(H2,23,24,25)/t9-,10-,11-,14-/m1/s1. The number of ether oxygens (including phenoxy) is 2. The van der Waals surface area contributed by atoms with Crippen LogP contribution in [0.1, 0.15) is 12.6 Å². The smallest absolute Gasteiger partial charge is 0.350 e. The molecule has 11 nitrogen and oxygen atoms in total. The Hall–Kier alpha value is -1.30. The van der Waals surface area contributed by atoms with Crippen LogP contribution >= 0.6 is 19.2 Å². The Morgan fingerprint density at radius 3 is 2.68 bits per heavy atom. The van der Waals surface area contributed by atoms with E-state index in [2.05, 4.69) is 14.9 Å². The number of anilines is 1. The van der Waals surface area contributed by atoms with Gasteiger partial charge in [0.25, 0.3) is 0 Å². The van der Waals surface area contributed by atoms with Gasteiger partial charge in [-0.2, -0.15) is 9.97 Å². The molecule has 0 aromatic carbocycles. The number of aliphatic hydroxyl groups is 2. The SMILES string of the molecule is O=P(O)(O)COC[C@H]1O[C@@H](n2ccc3c(N4CCC4)nc(Cl)nc32)[C@H](O)[C@@H]1O. The molecule has 0 unspecified atom stereocenters. The molecule has 2 aromatic heterocycles. The van der Waals surface area contributed by atoms with Gasteiger partial charge in [0.1, 0.15) is 36.1 Å². The molecule has 2 fully saturated rings. The van der Waals surface area contributed by atoms with Crippen LogP contribution in [0, 0.1) is 0 Å². The average Bonchev–Trinajstić information content (AvgIpc) is 3.08. The van der Waals surface area contributed by atoms with Crippen molar-refractivity contribution in [3.05, 3.63) is 17.5 Å². The first-order valence-corrected chi connectivity index (χ1v) is 10.8. The van der Waals surface area contributed by atoms with Crippen LogP contribution in [0.15, 0.2) is 12.3 Å². The topological polar surface area (TPSA) is 150 Å². The Morgan fingerprint density at radius 1 is 1.29 bits per heavy atom. The largest absolute Gasteiger partial charge is 0.387 e. The highest BCUT2D eigenvalue weighted by molar-refractivity contribution is 7.51. The normalized spacial score (nSPS) is 28.1. The molecule has 2 aromatic rings. The number of hydrogen-bond acceptors (Lipinski definition) is 8. The van der Waals surface area contributed by atoms with Crippen molar-refractivity contribution in [1.82, 2.24) is 14.5 Å². The Balaban J connectivity index is 1.57. The monoisotopic (exact) mass is 434 g/mol. The van der Waals surface area contributed by atoms with Crippen molar-refractivity contribution in [2.75, 3.05) is 30.9 Å². The van der Waals surface area contributed by atoms with E-state index in [1.165, 1.54) is 0 Å². The molecule has 154 valence electrons. The predicted octanol–water partition coefficient (Wildman–Crippen LogP) is 0.0658. The summed E-state index contributed by atoms with van der Waals surface area (Å²) in [6.45, 7) is 1.45. The second kappa shape index (κ2) is 7.51. The summed E-state index contributed by atoms with van der Waals surface area (Å²) in [6.07, 6.45) is -2.58. The van der Waals surface area contributed by atoms with E-state index in [1.54, 1.807) is 16.8 Å². The molecule has 0 bridgehead atoms. The van der Waals surface area contributed by atoms with E-state index in [0.29, 0.717) is 11.5 Å². The first kappa shape index (κ1) is 20.0. The zero-order valence-electron chi connectivity index (χ0n) is 14.6. The van der Waals surface area contributed by atoms with Gasteiger partial charge in [-0.3, -0.25) is 4.57 Å². The lowest BCUT2D eigenvalue weighted by Gasteiger charge is -2.32. The fourth-order valence-electron chi connectivity index (χ4n) is 3.35. The van der Waals surface area contributed by atoms with Gasteiger partial charge in [0.05, 0.1) is 12.0 Å². The molecular formula is C15H20ClN4O7P. The lowest BCUT2D eigenvalue weighted by Crippen LogP contribution is -2.37. The molecule has 4 heterocycles. The van der Waals surface area contributed by atoms with Crippen molar-refractivity contribution >= 4 is 36.0 Å². The van der Waals surface area contributed by atoms with Gasteiger partial charge in [0, 0.05) is 19.3 Å². The first-order chi connectivity index (χ1) is 13.2. The van der Waals surface area contributed by atoms with Gasteiger partial charge in [0.2, 0.25) is 5.28 Å². The van der Waals surface area contributed by atoms with Crippen LogP contribution in [-0.4, -0.2) is 78.9 Å². The Morgan fingerprint density at radius 2 is 2.04 bits per heavy atom. The van der Waals surface area contributed by atoms with E-state index in [-0.39, 0.29) is 11.9 Å². The van der Waals surface area contributed by atoms with Crippen molar-refractivity contribution in [1.29, 1.82) is 0 Å². The molecule has 4 N–H and O–H groups in total. The average molecular weight is 435 g/mol. The highest BCUT2D eigenvalue weighted by atomic mass is 35.5. The molecule has 0 radical (unpaired) electrons. The summed E-state index contributed by atoms with van der Waals surface area (Å²) in [4.78, 5) is 28.3. The number of aliphatic hydroxyl groups excluding tert-OH is 2. The van der Waals surface area contributed by atoms with Crippen molar-refractivity contribution in [2.24, 2.45) is 0 Å². The molecular weight excluding hydrogens is 415 g/mol. The van der Waals surface area contributed by atoms with Crippen molar-refractivity contribution in [3.8, 4) is 0 Å². The second-order valence-electron chi connectivity index (χ2n) is 6.83. The summed E-state index contributed by atoms with van der Waals surface area (Å²) in [7, 11) is -4.34. The molecule has 0 saturated carbocycles. The van der Waals surface area contributed by atoms with Crippen LogP contribution < -0.4 is 4.90 Å². The number of nitrogens with zero attached hydrogens (tertiary/aromatic N) is 4. The second-order valence-corrected chi connectivity index (χ2v) is 8.75. The summed E-state index contributed by atoms with van der Waals surface area (Å²) in [6, 6.07) is 1.79. The van der Waals surface area contributed by atoms with E-state index in [4.69, 9.17) is 30.9 Å². The zero-order chi connectivity index (χ0) is 20.1. The van der Waals surface area contributed by atoms with Crippen molar-refractivity contribution in [3.63, 3.8) is 0 Å². The maximum atomic E-state index is 10.9. The number of fused-ring (bicyclic) bond motifs is 1. The lowest BCUT2D eigenvalue weighted by atomic mass is 10.1. The van der Waals surface area contributed by atoms with Crippen LogP contribution in [0.5, 0.6) is 0 Å². The third-order valence-corrected chi connectivity index (χ3v) is 5.52. The molecule has 0 aliphatic carbocycles. The number of aromatic nitrogens is 3. The van der Waals surface area contributed by atoms with Gasteiger partial charge < -0.3 is 38.9 Å². The summed E-state index contributed by atoms with van der Waals surface area (Å²) in [5.41, 5.74) is 0.454. The lowest BCUT2D eigenvalue weighted by molar-refractivity contribution is -0.0610. The van der Waals surface area contributed by atoms with Crippen LogP contribution in [0.25, 0.3) is 11.0 Å². The molecule has 4 atom stereocenters. The van der Waals surface area contributed by atoms with Gasteiger partial charge in [-0.15, -0.1) is 0 Å². The molecule has 0 amide bonds. The number of hydrogen-bond donors (Lipinski definition) is 4. The highest BCUT2D eigenvalue weighted by Gasteiger charge is 2.44. The van der Waals surface area contributed by atoms with Gasteiger partial charge >= 0.3 is 7.60 Å². The van der Waals surface area contributed by atoms with Crippen LogP contribution in [0.2, 0.25) is 5.28 Å². The summed E-state index contributed by atoms with van der Waals surface area (Å²) < 4.78 is 23.1. The Bertz CT molecular complexity index is 917.